The molecule has 1 fully saturated rings. The van der Waals surface area contributed by atoms with Crippen molar-refractivity contribution in [2.75, 3.05) is 25.4 Å². The van der Waals surface area contributed by atoms with Gasteiger partial charge < -0.3 is 10.2 Å². The highest BCUT2D eigenvalue weighted by atomic mass is 32.2. The summed E-state index contributed by atoms with van der Waals surface area (Å²) in [5.41, 5.74) is 3.63. The number of nitrogens with zero attached hydrogens (tertiary/aromatic N) is 2. The predicted octanol–water partition coefficient (Wildman–Crippen LogP) is 2.80. The van der Waals surface area contributed by atoms with Crippen LogP contribution in [0.2, 0.25) is 0 Å². The fourth-order valence-corrected chi connectivity index (χ4v) is 3.77. The molecule has 1 saturated heterocycles. The monoisotopic (exact) mass is 341 g/mol. The predicted molar refractivity (Wildman–Crippen MR) is 98.9 cm³/mol. The largest absolute Gasteiger partial charge is 0.332 e. The first-order valence-electron chi connectivity index (χ1n) is 8.27. The first-order valence-corrected chi connectivity index (χ1v) is 9.43. The summed E-state index contributed by atoms with van der Waals surface area (Å²) in [6.45, 7) is 4.48. The smallest absolute Gasteiger partial charge is 0.233 e. The average molecular weight is 341 g/mol. The molecule has 1 aliphatic heterocycles. The van der Waals surface area contributed by atoms with E-state index in [2.05, 4.69) is 41.5 Å². The molecule has 1 unspecified atom stereocenters. The second-order valence-electron chi connectivity index (χ2n) is 6.07. The molecule has 1 aromatic carbocycles. The van der Waals surface area contributed by atoms with Gasteiger partial charge in [0.2, 0.25) is 5.91 Å². The fourth-order valence-electron chi connectivity index (χ4n) is 2.90. The van der Waals surface area contributed by atoms with Gasteiger partial charge in [0.15, 0.2) is 0 Å². The van der Waals surface area contributed by atoms with E-state index in [1.807, 2.05) is 23.2 Å². The summed E-state index contributed by atoms with van der Waals surface area (Å²) in [5.74, 6) is 1.60. The lowest BCUT2D eigenvalue weighted by atomic mass is 10.1. The maximum atomic E-state index is 12.7. The molecule has 1 aliphatic rings. The number of rotatable bonds is 5. The maximum Gasteiger partial charge on any atom is 0.233 e. The summed E-state index contributed by atoms with van der Waals surface area (Å²) in [4.78, 5) is 18.9. The molecule has 1 amide bonds. The van der Waals surface area contributed by atoms with Crippen LogP contribution >= 0.6 is 11.8 Å². The van der Waals surface area contributed by atoms with E-state index in [4.69, 9.17) is 0 Å². The molecule has 0 aliphatic carbocycles. The molecule has 0 spiro atoms. The Kier molecular flexibility index (Phi) is 5.88. The van der Waals surface area contributed by atoms with Crippen molar-refractivity contribution in [3.8, 4) is 0 Å². The van der Waals surface area contributed by atoms with Crippen LogP contribution in [0.1, 0.15) is 22.7 Å². The summed E-state index contributed by atoms with van der Waals surface area (Å²) >= 11 is 1.68. The minimum absolute atomic E-state index is 0.0833. The van der Waals surface area contributed by atoms with E-state index in [0.717, 1.165) is 31.0 Å². The zero-order valence-corrected chi connectivity index (χ0v) is 14.8. The van der Waals surface area contributed by atoms with Crippen LogP contribution in [-0.4, -0.2) is 41.2 Å². The number of carbonyl (C=O) groups excluding carboxylic acids is 1. The normalized spacial score (nSPS) is 17.7. The fraction of sp³-hybridized carbons (Fsp3) is 0.368. The van der Waals surface area contributed by atoms with Crippen molar-refractivity contribution in [1.82, 2.24) is 15.2 Å². The molecule has 3 rings (SSSR count). The van der Waals surface area contributed by atoms with Crippen LogP contribution in [0.25, 0.3) is 0 Å². The second-order valence-corrected chi connectivity index (χ2v) is 7.06. The highest BCUT2D eigenvalue weighted by Crippen LogP contribution is 2.23. The van der Waals surface area contributed by atoms with Crippen molar-refractivity contribution < 1.29 is 4.79 Å². The summed E-state index contributed by atoms with van der Waals surface area (Å²) in [6, 6.07) is 12.6. The Bertz CT molecular complexity index is 660. The molecule has 126 valence electrons. The van der Waals surface area contributed by atoms with E-state index in [-0.39, 0.29) is 11.9 Å². The van der Waals surface area contributed by atoms with Crippen molar-refractivity contribution in [1.29, 1.82) is 0 Å². The highest BCUT2D eigenvalue weighted by Gasteiger charge is 2.27. The molecule has 1 atom stereocenters. The van der Waals surface area contributed by atoms with Gasteiger partial charge >= 0.3 is 0 Å². The van der Waals surface area contributed by atoms with Gasteiger partial charge in [0.25, 0.3) is 0 Å². The number of thioether (sulfide) groups is 1. The molecular weight excluding hydrogens is 318 g/mol. The van der Waals surface area contributed by atoms with Crippen LogP contribution in [0.3, 0.4) is 0 Å². The summed E-state index contributed by atoms with van der Waals surface area (Å²) in [6.07, 6.45) is 3.63. The Morgan fingerprint density at radius 2 is 2.17 bits per heavy atom. The van der Waals surface area contributed by atoms with E-state index in [1.54, 1.807) is 18.0 Å². The van der Waals surface area contributed by atoms with Crippen molar-refractivity contribution in [2.24, 2.45) is 0 Å². The third-order valence-electron chi connectivity index (χ3n) is 4.25. The summed E-state index contributed by atoms with van der Waals surface area (Å²) in [5, 5.41) is 3.38. The van der Waals surface area contributed by atoms with Gasteiger partial charge in [0.1, 0.15) is 0 Å². The Hall–Kier alpha value is -1.85. The minimum atomic E-state index is 0.0833. The van der Waals surface area contributed by atoms with E-state index in [9.17, 15) is 4.79 Å². The molecule has 2 heterocycles. The van der Waals surface area contributed by atoms with Gasteiger partial charge in [-0.15, -0.1) is 11.8 Å². The van der Waals surface area contributed by atoms with Crippen molar-refractivity contribution in [3.63, 3.8) is 0 Å². The number of nitrogens with one attached hydrogen (secondary N) is 1. The van der Waals surface area contributed by atoms with E-state index < -0.39 is 0 Å². The molecule has 5 heteroatoms. The van der Waals surface area contributed by atoms with E-state index in [0.29, 0.717) is 5.75 Å². The summed E-state index contributed by atoms with van der Waals surface area (Å²) in [7, 11) is 0. The number of carbonyl (C=O) groups is 1. The maximum absolute atomic E-state index is 12.7. The van der Waals surface area contributed by atoms with Gasteiger partial charge in [-0.1, -0.05) is 35.9 Å². The number of amides is 1. The van der Waals surface area contributed by atoms with Gasteiger partial charge in [0, 0.05) is 37.8 Å². The lowest BCUT2D eigenvalue weighted by Crippen LogP contribution is -2.49. The molecule has 0 radical (unpaired) electrons. The zero-order chi connectivity index (χ0) is 16.8. The van der Waals surface area contributed by atoms with Crippen molar-refractivity contribution in [3.05, 3.63) is 65.5 Å². The molecule has 0 saturated carbocycles. The Labute approximate surface area is 147 Å². The number of aromatic nitrogens is 1. The van der Waals surface area contributed by atoms with E-state index >= 15 is 0 Å². The molecule has 1 aromatic heterocycles. The molecule has 2 aromatic rings. The first-order chi connectivity index (χ1) is 11.7. The third kappa shape index (κ3) is 4.36. The van der Waals surface area contributed by atoms with E-state index in [1.165, 1.54) is 11.1 Å². The number of hydrogen-bond donors (Lipinski definition) is 1. The van der Waals surface area contributed by atoms with Crippen LogP contribution in [0.15, 0.2) is 48.8 Å². The summed E-state index contributed by atoms with van der Waals surface area (Å²) < 4.78 is 0. The Morgan fingerprint density at radius 3 is 2.92 bits per heavy atom. The molecule has 24 heavy (non-hydrogen) atoms. The number of benzene rings is 1. The topological polar surface area (TPSA) is 45.2 Å². The van der Waals surface area contributed by atoms with Gasteiger partial charge in [-0.05, 0) is 24.1 Å². The Balaban J connectivity index is 1.57. The SMILES string of the molecule is Cc1ccc(CSCC(=O)N2CCNCC2c2cccnc2)cc1. The molecule has 0 bridgehead atoms. The lowest BCUT2D eigenvalue weighted by Gasteiger charge is -2.36. The number of pyridine rings is 1. The standard InChI is InChI=1S/C19H23N3OS/c1-15-4-6-16(7-5-15)13-24-14-19(23)22-10-9-21-12-18(22)17-3-2-8-20-11-17/h2-8,11,18,21H,9-10,12-14H2,1H3. The third-order valence-corrected chi connectivity index (χ3v) is 5.24. The van der Waals surface area contributed by atoms with Gasteiger partial charge in [-0.3, -0.25) is 9.78 Å². The molecular formula is C19H23N3OS. The zero-order valence-electron chi connectivity index (χ0n) is 13.9. The van der Waals surface area contributed by atoms with Crippen LogP contribution < -0.4 is 5.32 Å². The Morgan fingerprint density at radius 1 is 1.33 bits per heavy atom. The molecule has 4 nitrogen and oxygen atoms in total. The van der Waals surface area contributed by atoms with Crippen LogP contribution in [0.5, 0.6) is 0 Å². The average Bonchev–Trinajstić information content (AvgIpc) is 2.64. The number of hydrogen-bond acceptors (Lipinski definition) is 4. The second kappa shape index (κ2) is 8.31. The van der Waals surface area contributed by atoms with Crippen LogP contribution in [0.4, 0.5) is 0 Å². The lowest BCUT2D eigenvalue weighted by molar-refractivity contribution is -0.131. The van der Waals surface area contributed by atoms with Gasteiger partial charge in [-0.25, -0.2) is 0 Å². The number of piperazine rings is 1. The van der Waals surface area contributed by atoms with Crippen LogP contribution in [0, 0.1) is 6.92 Å². The van der Waals surface area contributed by atoms with Gasteiger partial charge in [0.05, 0.1) is 11.8 Å². The minimum Gasteiger partial charge on any atom is -0.332 e. The number of aryl methyl sites for hydroxylation is 1. The van der Waals surface area contributed by atoms with Crippen LogP contribution in [-0.2, 0) is 10.5 Å². The quantitative estimate of drug-likeness (QED) is 0.908. The van der Waals surface area contributed by atoms with Gasteiger partial charge in [-0.2, -0.15) is 0 Å². The molecule has 1 N–H and O–H groups in total. The van der Waals surface area contributed by atoms with Crippen molar-refractivity contribution in [2.45, 2.75) is 18.7 Å². The first kappa shape index (κ1) is 17.0. The highest BCUT2D eigenvalue weighted by molar-refractivity contribution is 7.99. The van der Waals surface area contributed by atoms with Crippen molar-refractivity contribution >= 4 is 17.7 Å².